The van der Waals surface area contributed by atoms with Gasteiger partial charge in [-0.2, -0.15) is 0 Å². The molecule has 6 nitrogen and oxygen atoms in total. The van der Waals surface area contributed by atoms with E-state index in [-0.39, 0.29) is 35.9 Å². The van der Waals surface area contributed by atoms with Gasteiger partial charge in [0.25, 0.3) is 0 Å². The van der Waals surface area contributed by atoms with E-state index in [0.717, 1.165) is 51.5 Å². The minimum absolute atomic E-state index is 0. The number of thiophene rings is 1. The van der Waals surface area contributed by atoms with Gasteiger partial charge in [0.2, 0.25) is 0 Å². The van der Waals surface area contributed by atoms with Crippen molar-refractivity contribution in [2.24, 2.45) is 16.8 Å². The summed E-state index contributed by atoms with van der Waals surface area (Å²) in [7, 11) is 3.32. The molecule has 0 spiro atoms. The second kappa shape index (κ2) is 12.0. The molecule has 0 radical (unpaired) electrons. The van der Waals surface area contributed by atoms with Crippen LogP contribution in [0.2, 0.25) is 0 Å². The molecule has 3 rings (SSSR count). The van der Waals surface area contributed by atoms with Gasteiger partial charge in [-0.1, -0.05) is 6.07 Å². The van der Waals surface area contributed by atoms with E-state index in [4.69, 9.17) is 4.74 Å². The molecule has 2 saturated heterocycles. The van der Waals surface area contributed by atoms with Crippen molar-refractivity contribution in [1.82, 2.24) is 15.1 Å². The molecule has 2 aliphatic rings. The first-order valence-corrected chi connectivity index (χ1v) is 10.9. The fourth-order valence-electron chi connectivity index (χ4n) is 4.15. The normalized spacial score (nSPS) is 21.9. The zero-order chi connectivity index (χ0) is 19.1. The summed E-state index contributed by atoms with van der Waals surface area (Å²) in [5.74, 6) is 1.58. The Balaban J connectivity index is 0.00000280. The smallest absolute Gasteiger partial charge is 0.308 e. The van der Waals surface area contributed by atoms with Crippen LogP contribution in [-0.2, 0) is 16.1 Å². The van der Waals surface area contributed by atoms with Crippen molar-refractivity contribution in [2.45, 2.75) is 32.2 Å². The highest BCUT2D eigenvalue weighted by Gasteiger charge is 2.27. The van der Waals surface area contributed by atoms with Gasteiger partial charge in [-0.3, -0.25) is 14.7 Å². The van der Waals surface area contributed by atoms with E-state index in [1.165, 1.54) is 31.4 Å². The van der Waals surface area contributed by atoms with E-state index >= 15 is 0 Å². The van der Waals surface area contributed by atoms with Crippen LogP contribution in [-0.4, -0.2) is 68.6 Å². The van der Waals surface area contributed by atoms with E-state index in [1.54, 1.807) is 0 Å². The number of likely N-dealkylation sites (tertiary alicyclic amines) is 2. The number of methoxy groups -OCH3 is 1. The van der Waals surface area contributed by atoms with Gasteiger partial charge in [0, 0.05) is 44.6 Å². The average Bonchev–Trinajstić information content (AvgIpc) is 3.21. The lowest BCUT2D eigenvalue weighted by atomic mass is 9.97. The second-order valence-corrected chi connectivity index (χ2v) is 8.57. The van der Waals surface area contributed by atoms with Crippen molar-refractivity contribution in [3.05, 3.63) is 22.4 Å². The van der Waals surface area contributed by atoms with Gasteiger partial charge in [0.1, 0.15) is 0 Å². The van der Waals surface area contributed by atoms with E-state index in [9.17, 15) is 4.79 Å². The standard InChI is InChI=1S/C20H32N4O2S.HI/c1-21-20(24-10-7-17(8-11-24)19(25)26-2)22-13-16-5-3-9-23(14-16)15-18-6-4-12-27-18;/h4,6,12,16-17H,3,5,7-11,13-15H2,1-2H3,(H,21,22);1H. The predicted octanol–water partition coefficient (Wildman–Crippen LogP) is 3.04. The van der Waals surface area contributed by atoms with Crippen LogP contribution in [0.25, 0.3) is 0 Å². The molecule has 0 aliphatic carbocycles. The Morgan fingerprint density at radius 1 is 1.32 bits per heavy atom. The molecule has 1 aromatic rings. The number of guanidine groups is 1. The molecule has 1 N–H and O–H groups in total. The molecule has 3 heterocycles. The zero-order valence-corrected chi connectivity index (χ0v) is 20.1. The maximum absolute atomic E-state index is 11.7. The molecular formula is C20H33IN4O2S. The van der Waals surface area contributed by atoms with Crippen LogP contribution in [0.1, 0.15) is 30.6 Å². The molecular weight excluding hydrogens is 487 g/mol. The summed E-state index contributed by atoms with van der Waals surface area (Å²) in [6, 6.07) is 4.36. The van der Waals surface area contributed by atoms with Crippen molar-refractivity contribution in [3.63, 3.8) is 0 Å². The number of piperidine rings is 2. The fourth-order valence-corrected chi connectivity index (χ4v) is 4.89. The molecule has 28 heavy (non-hydrogen) atoms. The number of halogens is 1. The zero-order valence-electron chi connectivity index (χ0n) is 16.9. The summed E-state index contributed by atoms with van der Waals surface area (Å²) >= 11 is 1.85. The van der Waals surface area contributed by atoms with Crippen LogP contribution in [0.4, 0.5) is 0 Å². The fraction of sp³-hybridized carbons (Fsp3) is 0.700. The number of hydrogen-bond acceptors (Lipinski definition) is 5. The highest BCUT2D eigenvalue weighted by Crippen LogP contribution is 2.21. The molecule has 2 fully saturated rings. The highest BCUT2D eigenvalue weighted by atomic mass is 127. The van der Waals surface area contributed by atoms with Crippen LogP contribution in [0.5, 0.6) is 0 Å². The minimum Gasteiger partial charge on any atom is -0.469 e. The number of ether oxygens (including phenoxy) is 1. The monoisotopic (exact) mass is 520 g/mol. The number of esters is 1. The topological polar surface area (TPSA) is 57.2 Å². The van der Waals surface area contributed by atoms with Crippen molar-refractivity contribution in [2.75, 3.05) is 46.9 Å². The average molecular weight is 520 g/mol. The first-order valence-electron chi connectivity index (χ1n) is 9.97. The van der Waals surface area contributed by atoms with Gasteiger partial charge in [-0.05, 0) is 49.6 Å². The van der Waals surface area contributed by atoms with Crippen molar-refractivity contribution in [3.8, 4) is 0 Å². The summed E-state index contributed by atoms with van der Waals surface area (Å²) in [4.78, 5) is 22.5. The Morgan fingerprint density at radius 2 is 2.11 bits per heavy atom. The van der Waals surface area contributed by atoms with Crippen LogP contribution in [0, 0.1) is 11.8 Å². The number of nitrogens with zero attached hydrogens (tertiary/aromatic N) is 3. The number of rotatable bonds is 5. The van der Waals surface area contributed by atoms with Crippen molar-refractivity contribution >= 4 is 47.2 Å². The third-order valence-corrected chi connectivity index (χ3v) is 6.51. The van der Waals surface area contributed by atoms with Crippen LogP contribution in [0.3, 0.4) is 0 Å². The molecule has 0 aromatic carbocycles. The Labute approximate surface area is 189 Å². The third-order valence-electron chi connectivity index (χ3n) is 5.65. The first-order chi connectivity index (χ1) is 13.2. The second-order valence-electron chi connectivity index (χ2n) is 7.54. The van der Waals surface area contributed by atoms with E-state index in [2.05, 4.69) is 37.6 Å². The predicted molar refractivity (Wildman–Crippen MR) is 125 cm³/mol. The van der Waals surface area contributed by atoms with Crippen LogP contribution >= 0.6 is 35.3 Å². The summed E-state index contributed by atoms with van der Waals surface area (Å²) in [5, 5.41) is 5.74. The van der Waals surface area contributed by atoms with Gasteiger partial charge >= 0.3 is 5.97 Å². The molecule has 1 atom stereocenters. The Morgan fingerprint density at radius 3 is 2.75 bits per heavy atom. The van der Waals surface area contributed by atoms with Gasteiger partial charge < -0.3 is 15.0 Å². The SMILES string of the molecule is CN=C(NCC1CCCN(Cc2cccs2)C1)N1CCC(C(=O)OC)CC1.I. The van der Waals surface area contributed by atoms with E-state index in [0.29, 0.717) is 5.92 Å². The molecule has 158 valence electrons. The molecule has 1 unspecified atom stereocenters. The quantitative estimate of drug-likeness (QED) is 0.280. The largest absolute Gasteiger partial charge is 0.469 e. The van der Waals surface area contributed by atoms with Gasteiger partial charge in [0.05, 0.1) is 13.0 Å². The first kappa shape index (κ1) is 23.4. The molecule has 0 saturated carbocycles. The van der Waals surface area contributed by atoms with Crippen LogP contribution in [0.15, 0.2) is 22.5 Å². The number of hydrogen-bond donors (Lipinski definition) is 1. The lowest BCUT2D eigenvalue weighted by Gasteiger charge is -2.35. The number of aliphatic imine (C=N–C) groups is 1. The van der Waals surface area contributed by atoms with Gasteiger partial charge in [-0.15, -0.1) is 35.3 Å². The van der Waals surface area contributed by atoms with Crippen molar-refractivity contribution in [1.29, 1.82) is 0 Å². The van der Waals surface area contributed by atoms with Crippen molar-refractivity contribution < 1.29 is 9.53 Å². The lowest BCUT2D eigenvalue weighted by molar-refractivity contribution is -0.146. The molecule has 0 bridgehead atoms. The minimum atomic E-state index is -0.0781. The Hall–Kier alpha value is -0.870. The van der Waals surface area contributed by atoms with Gasteiger partial charge in [0.15, 0.2) is 5.96 Å². The van der Waals surface area contributed by atoms with Crippen LogP contribution < -0.4 is 5.32 Å². The summed E-state index contributed by atoms with van der Waals surface area (Å²) < 4.78 is 4.88. The highest BCUT2D eigenvalue weighted by molar-refractivity contribution is 14.0. The Bertz CT molecular complexity index is 618. The maximum atomic E-state index is 11.7. The molecule has 1 aromatic heterocycles. The van der Waals surface area contributed by atoms with E-state index in [1.807, 2.05) is 18.4 Å². The number of nitrogens with one attached hydrogen (secondary N) is 1. The Kier molecular flexibility index (Phi) is 10.0. The number of carbonyl (C=O) groups is 1. The summed E-state index contributed by atoms with van der Waals surface area (Å²) in [6.45, 7) is 6.09. The molecule has 2 aliphatic heterocycles. The number of carbonyl (C=O) groups excluding carboxylic acids is 1. The summed E-state index contributed by atoms with van der Waals surface area (Å²) in [5.41, 5.74) is 0. The molecule has 0 amide bonds. The van der Waals surface area contributed by atoms with E-state index < -0.39 is 0 Å². The maximum Gasteiger partial charge on any atom is 0.308 e. The lowest BCUT2D eigenvalue weighted by Crippen LogP contribution is -2.49. The third kappa shape index (κ3) is 6.59. The summed E-state index contributed by atoms with van der Waals surface area (Å²) in [6.07, 6.45) is 4.22. The molecule has 8 heteroatoms. The van der Waals surface area contributed by atoms with Gasteiger partial charge in [-0.25, -0.2) is 0 Å².